The molecule has 0 aromatic rings. The smallest absolute Gasteiger partial charge is 0.240 e. The molecule has 2 N–H and O–H groups in total. The fourth-order valence-corrected chi connectivity index (χ4v) is 1.50. The molecule has 0 aliphatic heterocycles. The topological polar surface area (TPSA) is 61.4 Å². The molecular formula is C11H24ClN3O2. The summed E-state index contributed by atoms with van der Waals surface area (Å²) in [4.78, 5) is 24.6. The Bertz CT molecular complexity index is 249. The summed E-state index contributed by atoms with van der Waals surface area (Å²) in [6.07, 6.45) is 0.922. The van der Waals surface area contributed by atoms with Crippen molar-refractivity contribution in [3.63, 3.8) is 0 Å². The second-order valence-corrected chi connectivity index (χ2v) is 4.02. The van der Waals surface area contributed by atoms with E-state index in [0.717, 1.165) is 6.42 Å². The van der Waals surface area contributed by atoms with E-state index in [-0.39, 0.29) is 42.7 Å². The van der Waals surface area contributed by atoms with Gasteiger partial charge in [0, 0.05) is 14.1 Å². The van der Waals surface area contributed by atoms with Crippen molar-refractivity contribution in [3.05, 3.63) is 0 Å². The van der Waals surface area contributed by atoms with Crippen LogP contribution in [0.4, 0.5) is 0 Å². The van der Waals surface area contributed by atoms with E-state index in [0.29, 0.717) is 0 Å². The van der Waals surface area contributed by atoms with Crippen molar-refractivity contribution in [1.82, 2.24) is 15.5 Å². The molecule has 0 rings (SSSR count). The van der Waals surface area contributed by atoms with Gasteiger partial charge < -0.3 is 15.5 Å². The second kappa shape index (κ2) is 9.24. The third kappa shape index (κ3) is 5.89. The lowest BCUT2D eigenvalue weighted by Gasteiger charge is -2.26. The molecule has 0 aliphatic carbocycles. The van der Waals surface area contributed by atoms with Crippen LogP contribution in [0.3, 0.4) is 0 Å². The number of hydrogen-bond acceptors (Lipinski definition) is 3. The minimum absolute atomic E-state index is 0. The van der Waals surface area contributed by atoms with Crippen LogP contribution in [-0.4, -0.2) is 50.4 Å². The average Bonchev–Trinajstić information content (AvgIpc) is 2.28. The minimum atomic E-state index is -0.223. The largest absolute Gasteiger partial charge is 0.358 e. The minimum Gasteiger partial charge on any atom is -0.358 e. The predicted molar refractivity (Wildman–Crippen MR) is 71.3 cm³/mol. The highest BCUT2D eigenvalue weighted by atomic mass is 35.5. The van der Waals surface area contributed by atoms with E-state index >= 15 is 0 Å². The Morgan fingerprint density at radius 2 is 1.82 bits per heavy atom. The number of likely N-dealkylation sites (N-methyl/N-ethyl adjacent to an activating group) is 3. The normalized spacial score (nSPS) is 13.2. The summed E-state index contributed by atoms with van der Waals surface area (Å²) in [5.41, 5.74) is 0. The van der Waals surface area contributed by atoms with Crippen LogP contribution in [0.5, 0.6) is 0 Å². The molecule has 0 saturated heterocycles. The Hall–Kier alpha value is -0.810. The summed E-state index contributed by atoms with van der Waals surface area (Å²) in [7, 11) is 4.97. The zero-order valence-electron chi connectivity index (χ0n) is 11.2. The lowest BCUT2D eigenvalue weighted by molar-refractivity contribution is -0.137. The molecule has 0 heterocycles. The van der Waals surface area contributed by atoms with Crippen LogP contribution < -0.4 is 10.6 Å². The van der Waals surface area contributed by atoms with Gasteiger partial charge >= 0.3 is 0 Å². The average molecular weight is 266 g/mol. The molecule has 2 atom stereocenters. The van der Waals surface area contributed by atoms with E-state index in [1.165, 1.54) is 4.90 Å². The van der Waals surface area contributed by atoms with Crippen molar-refractivity contribution in [3.8, 4) is 0 Å². The number of halogens is 1. The summed E-state index contributed by atoms with van der Waals surface area (Å²) >= 11 is 0. The molecule has 0 aliphatic rings. The number of nitrogens with one attached hydrogen (secondary N) is 2. The summed E-state index contributed by atoms with van der Waals surface area (Å²) in [6.45, 7) is 4.16. The van der Waals surface area contributed by atoms with E-state index < -0.39 is 0 Å². The molecule has 2 amide bonds. The van der Waals surface area contributed by atoms with Crippen LogP contribution in [-0.2, 0) is 9.59 Å². The number of carbonyl (C=O) groups excluding carboxylic acids is 2. The van der Waals surface area contributed by atoms with Crippen LogP contribution in [0.2, 0.25) is 0 Å². The van der Waals surface area contributed by atoms with Crippen LogP contribution in [0.25, 0.3) is 0 Å². The first-order chi connectivity index (χ1) is 7.47. The van der Waals surface area contributed by atoms with Crippen LogP contribution >= 0.6 is 12.4 Å². The zero-order chi connectivity index (χ0) is 12.7. The first-order valence-corrected chi connectivity index (χ1v) is 5.60. The van der Waals surface area contributed by atoms with Gasteiger partial charge in [-0.3, -0.25) is 9.59 Å². The fourth-order valence-electron chi connectivity index (χ4n) is 1.50. The first-order valence-electron chi connectivity index (χ1n) is 5.60. The van der Waals surface area contributed by atoms with Gasteiger partial charge in [0.1, 0.15) is 0 Å². The summed E-state index contributed by atoms with van der Waals surface area (Å²) in [6, 6.07) is -0.223. The van der Waals surface area contributed by atoms with Gasteiger partial charge in [0.2, 0.25) is 11.8 Å². The van der Waals surface area contributed by atoms with E-state index in [1.807, 2.05) is 13.8 Å². The molecule has 0 spiro atoms. The van der Waals surface area contributed by atoms with E-state index in [9.17, 15) is 9.59 Å². The third-order valence-electron chi connectivity index (χ3n) is 2.83. The Labute approximate surface area is 110 Å². The van der Waals surface area contributed by atoms with Crippen molar-refractivity contribution in [2.24, 2.45) is 5.92 Å². The molecule has 17 heavy (non-hydrogen) atoms. The zero-order valence-corrected chi connectivity index (χ0v) is 12.1. The lowest BCUT2D eigenvalue weighted by atomic mass is 9.98. The van der Waals surface area contributed by atoms with Crippen LogP contribution in [0, 0.1) is 5.92 Å². The molecule has 6 heteroatoms. The molecule has 2 unspecified atom stereocenters. The highest BCUT2D eigenvalue weighted by Gasteiger charge is 2.25. The number of hydrogen-bond donors (Lipinski definition) is 2. The van der Waals surface area contributed by atoms with Gasteiger partial charge in [0.05, 0.1) is 12.6 Å². The van der Waals surface area contributed by atoms with Gasteiger partial charge in [-0.1, -0.05) is 20.3 Å². The van der Waals surface area contributed by atoms with Crippen molar-refractivity contribution in [2.75, 3.05) is 27.7 Å². The van der Waals surface area contributed by atoms with Crippen molar-refractivity contribution in [2.45, 2.75) is 26.3 Å². The molecule has 0 aromatic carbocycles. The Kier molecular flexibility index (Phi) is 10.1. The number of amides is 2. The Morgan fingerprint density at radius 1 is 1.29 bits per heavy atom. The molecule has 0 aromatic heterocycles. The van der Waals surface area contributed by atoms with Crippen LogP contribution in [0.15, 0.2) is 0 Å². The van der Waals surface area contributed by atoms with Gasteiger partial charge in [0.25, 0.3) is 0 Å². The standard InChI is InChI=1S/C11H23N3O2.ClH/c1-6-8(2)10(13-4)11(16)14(5)7-9(15)12-3;/h8,10,13H,6-7H2,1-5H3,(H,12,15);1H. The van der Waals surface area contributed by atoms with Crippen molar-refractivity contribution >= 4 is 24.2 Å². The van der Waals surface area contributed by atoms with Crippen molar-refractivity contribution in [1.29, 1.82) is 0 Å². The van der Waals surface area contributed by atoms with Gasteiger partial charge in [0.15, 0.2) is 0 Å². The van der Waals surface area contributed by atoms with Crippen LogP contribution in [0.1, 0.15) is 20.3 Å². The number of rotatable bonds is 6. The van der Waals surface area contributed by atoms with E-state index in [1.54, 1.807) is 21.1 Å². The van der Waals surface area contributed by atoms with E-state index in [2.05, 4.69) is 10.6 Å². The van der Waals surface area contributed by atoms with Crippen molar-refractivity contribution < 1.29 is 9.59 Å². The SMILES string of the molecule is CCC(C)C(NC)C(=O)N(C)CC(=O)NC.Cl. The predicted octanol–water partition coefficient (Wildman–Crippen LogP) is 0.247. The maximum absolute atomic E-state index is 12.0. The third-order valence-corrected chi connectivity index (χ3v) is 2.83. The lowest BCUT2D eigenvalue weighted by Crippen LogP contribution is -2.49. The molecule has 0 radical (unpaired) electrons. The fraction of sp³-hybridized carbons (Fsp3) is 0.818. The van der Waals surface area contributed by atoms with Gasteiger partial charge in [-0.05, 0) is 13.0 Å². The molecule has 0 fully saturated rings. The van der Waals surface area contributed by atoms with Gasteiger partial charge in [-0.15, -0.1) is 12.4 Å². The first kappa shape index (κ1) is 18.6. The number of nitrogens with zero attached hydrogens (tertiary/aromatic N) is 1. The molecule has 5 nitrogen and oxygen atoms in total. The molecule has 102 valence electrons. The van der Waals surface area contributed by atoms with Gasteiger partial charge in [-0.25, -0.2) is 0 Å². The molecule has 0 saturated carbocycles. The Morgan fingerprint density at radius 3 is 2.18 bits per heavy atom. The summed E-state index contributed by atoms with van der Waals surface area (Å²) in [5.74, 6) is 0.0555. The monoisotopic (exact) mass is 265 g/mol. The highest BCUT2D eigenvalue weighted by molar-refractivity contribution is 5.87. The maximum Gasteiger partial charge on any atom is 0.240 e. The molecular weight excluding hydrogens is 242 g/mol. The maximum atomic E-state index is 12.0. The number of carbonyl (C=O) groups is 2. The second-order valence-electron chi connectivity index (χ2n) is 4.02. The van der Waals surface area contributed by atoms with E-state index in [4.69, 9.17) is 0 Å². The Balaban J connectivity index is 0. The quantitative estimate of drug-likeness (QED) is 0.724. The summed E-state index contributed by atoms with van der Waals surface area (Å²) in [5, 5.41) is 5.50. The highest BCUT2D eigenvalue weighted by Crippen LogP contribution is 2.09. The molecule has 0 bridgehead atoms. The van der Waals surface area contributed by atoms with Gasteiger partial charge in [-0.2, -0.15) is 0 Å². The summed E-state index contributed by atoms with van der Waals surface area (Å²) < 4.78 is 0.